The summed E-state index contributed by atoms with van der Waals surface area (Å²) in [4.78, 5) is 14.1. The molecule has 0 unspecified atom stereocenters. The molecule has 0 atom stereocenters. The van der Waals surface area contributed by atoms with Gasteiger partial charge in [0.1, 0.15) is 11.6 Å². The molecule has 142 valence electrons. The molecular formula is C21H18BrN3O2S. The first-order valence-corrected chi connectivity index (χ1v) is 10.5. The second kappa shape index (κ2) is 7.85. The molecule has 1 amide bonds. The molecule has 0 saturated carbocycles. The highest BCUT2D eigenvalue weighted by Crippen LogP contribution is 2.37. The summed E-state index contributed by atoms with van der Waals surface area (Å²) in [6.45, 7) is 2.51. The van der Waals surface area contributed by atoms with Crippen LogP contribution in [0.1, 0.15) is 18.9 Å². The number of hydrogen-bond donors (Lipinski definition) is 2. The summed E-state index contributed by atoms with van der Waals surface area (Å²) in [7, 11) is 0. The lowest BCUT2D eigenvalue weighted by Crippen LogP contribution is -2.28. The van der Waals surface area contributed by atoms with Crippen LogP contribution in [0.2, 0.25) is 0 Å². The number of carbonyl (C=O) groups is 1. The number of ether oxygens (including phenoxy) is 1. The van der Waals surface area contributed by atoms with E-state index in [1.165, 1.54) is 16.7 Å². The molecule has 0 aliphatic carbocycles. The third-order valence-corrected chi connectivity index (χ3v) is 5.93. The first kappa shape index (κ1) is 18.8. The van der Waals surface area contributed by atoms with Gasteiger partial charge in [-0.25, -0.2) is 0 Å². The molecule has 0 spiro atoms. The molecule has 2 aromatic rings. The minimum absolute atomic E-state index is 0.101. The van der Waals surface area contributed by atoms with Crippen molar-refractivity contribution in [3.63, 3.8) is 0 Å². The molecule has 2 aliphatic heterocycles. The van der Waals surface area contributed by atoms with E-state index < -0.39 is 0 Å². The minimum atomic E-state index is -0.101. The number of nitrogens with zero attached hydrogens (tertiary/aromatic N) is 1. The fourth-order valence-electron chi connectivity index (χ4n) is 3.11. The van der Waals surface area contributed by atoms with Crippen LogP contribution in [-0.2, 0) is 4.79 Å². The zero-order valence-corrected chi connectivity index (χ0v) is 17.6. The number of amides is 1. The molecule has 0 bridgehead atoms. The van der Waals surface area contributed by atoms with Crippen molar-refractivity contribution in [3.8, 4) is 5.75 Å². The standard InChI is InChI=1S/C21H18BrN3O2S/c1-2-27-16-9-7-15(8-10-16)25-19(26)11-17(20(25)23)21-24-18(12-28-21)13-3-5-14(22)6-4-13/h3-10,12,23-24H,2,11H2,1H3. The van der Waals surface area contributed by atoms with E-state index in [9.17, 15) is 4.79 Å². The van der Waals surface area contributed by atoms with Gasteiger partial charge in [-0.2, -0.15) is 0 Å². The molecule has 4 rings (SSSR count). The molecule has 0 aromatic heterocycles. The van der Waals surface area contributed by atoms with E-state index in [0.717, 1.165) is 26.5 Å². The Balaban J connectivity index is 1.55. The molecule has 7 heteroatoms. The third-order valence-electron chi connectivity index (χ3n) is 4.46. The second-order valence-corrected chi connectivity index (χ2v) is 8.07. The van der Waals surface area contributed by atoms with E-state index in [4.69, 9.17) is 10.1 Å². The highest BCUT2D eigenvalue weighted by atomic mass is 79.9. The summed E-state index contributed by atoms with van der Waals surface area (Å²) < 4.78 is 6.47. The maximum absolute atomic E-state index is 12.6. The van der Waals surface area contributed by atoms with Gasteiger partial charge in [-0.15, -0.1) is 0 Å². The van der Waals surface area contributed by atoms with Gasteiger partial charge < -0.3 is 10.1 Å². The van der Waals surface area contributed by atoms with Crippen LogP contribution >= 0.6 is 27.7 Å². The van der Waals surface area contributed by atoms with E-state index in [0.29, 0.717) is 17.9 Å². The van der Waals surface area contributed by atoms with E-state index in [-0.39, 0.29) is 18.2 Å². The highest BCUT2D eigenvalue weighted by molar-refractivity contribution is 9.10. The summed E-state index contributed by atoms with van der Waals surface area (Å²) in [6.07, 6.45) is 0.211. The van der Waals surface area contributed by atoms with Crippen molar-refractivity contribution < 1.29 is 9.53 Å². The fourth-order valence-corrected chi connectivity index (χ4v) is 4.28. The number of anilines is 1. The van der Waals surface area contributed by atoms with Gasteiger partial charge in [0.25, 0.3) is 0 Å². The second-order valence-electron chi connectivity index (χ2n) is 6.27. The smallest absolute Gasteiger partial charge is 0.237 e. The molecule has 2 heterocycles. The van der Waals surface area contributed by atoms with Crippen molar-refractivity contribution >= 4 is 50.8 Å². The van der Waals surface area contributed by atoms with E-state index in [1.54, 1.807) is 0 Å². The molecule has 1 fully saturated rings. The Bertz CT molecular complexity index is 997. The van der Waals surface area contributed by atoms with E-state index >= 15 is 0 Å². The number of halogens is 1. The molecule has 2 aromatic carbocycles. The lowest BCUT2D eigenvalue weighted by Gasteiger charge is -2.16. The molecule has 0 radical (unpaired) electrons. The Morgan fingerprint density at radius 1 is 1.18 bits per heavy atom. The molecule has 2 N–H and O–H groups in total. The summed E-state index contributed by atoms with van der Waals surface area (Å²) >= 11 is 4.96. The molecule has 1 saturated heterocycles. The number of rotatable bonds is 4. The van der Waals surface area contributed by atoms with Crippen LogP contribution in [0.25, 0.3) is 5.70 Å². The van der Waals surface area contributed by atoms with Crippen LogP contribution in [0.5, 0.6) is 5.75 Å². The lowest BCUT2D eigenvalue weighted by atomic mass is 10.2. The van der Waals surface area contributed by atoms with Gasteiger partial charge in [0, 0.05) is 15.5 Å². The topological polar surface area (TPSA) is 65.4 Å². The molecule has 28 heavy (non-hydrogen) atoms. The molecule has 5 nitrogen and oxygen atoms in total. The van der Waals surface area contributed by atoms with Gasteiger partial charge in [-0.05, 0) is 48.9 Å². The van der Waals surface area contributed by atoms with Crippen LogP contribution in [-0.4, -0.2) is 18.3 Å². The maximum Gasteiger partial charge on any atom is 0.237 e. The Morgan fingerprint density at radius 3 is 2.57 bits per heavy atom. The van der Waals surface area contributed by atoms with Gasteiger partial charge in [-0.3, -0.25) is 15.1 Å². The van der Waals surface area contributed by atoms with Crippen LogP contribution < -0.4 is 15.0 Å². The van der Waals surface area contributed by atoms with Crippen molar-refractivity contribution in [1.29, 1.82) is 5.41 Å². The number of carbonyl (C=O) groups excluding carboxylic acids is 1. The van der Waals surface area contributed by atoms with Crippen molar-refractivity contribution in [2.45, 2.75) is 13.3 Å². The summed E-state index contributed by atoms with van der Waals surface area (Å²) in [5, 5.41) is 14.8. The predicted molar refractivity (Wildman–Crippen MR) is 117 cm³/mol. The first-order valence-electron chi connectivity index (χ1n) is 8.84. The van der Waals surface area contributed by atoms with Crippen LogP contribution in [0.4, 0.5) is 5.69 Å². The number of nitrogens with one attached hydrogen (secondary N) is 2. The SMILES string of the molecule is CCOc1ccc(N2C(=N)C(=C3NC(c4ccc(Br)cc4)=CS3)CC2=O)cc1. The summed E-state index contributed by atoms with van der Waals surface area (Å²) in [5.41, 5.74) is 3.43. The zero-order valence-electron chi connectivity index (χ0n) is 15.2. The minimum Gasteiger partial charge on any atom is -0.494 e. The Morgan fingerprint density at radius 2 is 1.89 bits per heavy atom. The van der Waals surface area contributed by atoms with Crippen LogP contribution in [0.15, 0.2) is 69.0 Å². The third kappa shape index (κ3) is 3.59. The highest BCUT2D eigenvalue weighted by Gasteiger charge is 2.35. The van der Waals surface area contributed by atoms with E-state index in [2.05, 4.69) is 21.2 Å². The van der Waals surface area contributed by atoms with Crippen molar-refractivity contribution in [1.82, 2.24) is 5.32 Å². The van der Waals surface area contributed by atoms with Crippen molar-refractivity contribution in [2.75, 3.05) is 11.5 Å². The van der Waals surface area contributed by atoms with Gasteiger partial charge >= 0.3 is 0 Å². The Kier molecular flexibility index (Phi) is 5.28. The lowest BCUT2D eigenvalue weighted by molar-refractivity contribution is -0.116. The van der Waals surface area contributed by atoms with Gasteiger partial charge in [0.15, 0.2) is 0 Å². The van der Waals surface area contributed by atoms with Crippen LogP contribution in [0, 0.1) is 5.41 Å². The zero-order chi connectivity index (χ0) is 19.7. The van der Waals surface area contributed by atoms with Gasteiger partial charge in [0.2, 0.25) is 5.91 Å². The number of amidine groups is 1. The van der Waals surface area contributed by atoms with Crippen molar-refractivity contribution in [2.24, 2.45) is 0 Å². The Labute approximate surface area is 176 Å². The Hall–Kier alpha value is -2.51. The monoisotopic (exact) mass is 455 g/mol. The quantitative estimate of drug-likeness (QED) is 0.672. The number of hydrogen-bond acceptors (Lipinski definition) is 5. The van der Waals surface area contributed by atoms with E-state index in [1.807, 2.05) is 60.9 Å². The summed E-state index contributed by atoms with van der Waals surface area (Å²) in [6, 6.07) is 15.3. The predicted octanol–water partition coefficient (Wildman–Crippen LogP) is 5.11. The van der Waals surface area contributed by atoms with Crippen molar-refractivity contribution in [3.05, 3.63) is 74.6 Å². The molecular weight excluding hydrogens is 438 g/mol. The van der Waals surface area contributed by atoms with Gasteiger partial charge in [-0.1, -0.05) is 39.8 Å². The van der Waals surface area contributed by atoms with Gasteiger partial charge in [0.05, 0.1) is 29.4 Å². The number of benzene rings is 2. The summed E-state index contributed by atoms with van der Waals surface area (Å²) in [5.74, 6) is 0.866. The normalized spacial score (nSPS) is 19.1. The number of thioether (sulfide) groups is 1. The fraction of sp³-hybridized carbons (Fsp3) is 0.143. The molecule has 2 aliphatic rings. The first-order chi connectivity index (χ1) is 13.6. The van der Waals surface area contributed by atoms with Crippen LogP contribution in [0.3, 0.4) is 0 Å². The maximum atomic E-state index is 12.6. The largest absolute Gasteiger partial charge is 0.494 e. The average Bonchev–Trinajstić information content (AvgIpc) is 3.28. The average molecular weight is 456 g/mol.